The van der Waals surface area contributed by atoms with Crippen LogP contribution in [-0.4, -0.2) is 183 Å². The van der Waals surface area contributed by atoms with Crippen molar-refractivity contribution in [1.29, 1.82) is 0 Å². The van der Waals surface area contributed by atoms with Crippen molar-refractivity contribution in [3.63, 3.8) is 0 Å². The second-order valence-electron chi connectivity index (χ2n) is 22.2. The molecular weight excluding hydrogens is 1020 g/mol. The zero-order valence-corrected chi connectivity index (χ0v) is 48.5. The monoisotopic (exact) mass is 1120 g/mol. The van der Waals surface area contributed by atoms with Crippen molar-refractivity contribution < 1.29 is 82.0 Å². The zero-order valence-electron chi connectivity index (χ0n) is 48.5. The molecule has 3 aliphatic heterocycles. The highest BCUT2D eigenvalue weighted by Gasteiger charge is 2.53. The number of piperidine rings is 1. The van der Waals surface area contributed by atoms with Crippen molar-refractivity contribution in [2.75, 3.05) is 67.0 Å². The molecule has 1 saturated carbocycles. The first-order valence-corrected chi connectivity index (χ1v) is 28.7. The molecule has 3 fully saturated rings. The number of esters is 1. The Morgan fingerprint density at radius 3 is 2.23 bits per heavy atom. The minimum absolute atomic E-state index is 0.0164. The van der Waals surface area contributed by atoms with E-state index in [0.717, 1.165) is 16.9 Å². The third kappa shape index (κ3) is 20.9. The van der Waals surface area contributed by atoms with Gasteiger partial charge in [-0.2, -0.15) is 0 Å². The molecule has 15 atom stereocenters. The van der Waals surface area contributed by atoms with E-state index in [2.05, 4.69) is 5.32 Å². The molecule has 1 aliphatic carbocycles. The smallest absolute Gasteiger partial charge is 0.407 e. The number of aliphatic hydroxyl groups is 3. The van der Waals surface area contributed by atoms with Crippen LogP contribution >= 0.6 is 0 Å². The largest absolute Gasteiger partial charge is 0.459 e. The maximum absolute atomic E-state index is 14.5. The van der Waals surface area contributed by atoms with E-state index in [1.54, 1.807) is 34.8 Å². The highest BCUT2D eigenvalue weighted by molar-refractivity contribution is 6.39. The fraction of sp³-hybridized carbons (Fsp3) is 0.763. The summed E-state index contributed by atoms with van der Waals surface area (Å²) in [4.78, 5) is 86.2. The SMILES string of the molecule is CCCOCCOCCOCCNC(=O)O[C@@H]1/C(C)=C/[C@@H](C)C(=O)C[C@@H]([C@H](N)C[C@@H]2CC[C@@H](O)[C@H](OC)C2)OC(=O)[C@@H]2CCCCN2C(=O)C(=O)[C@]2(O)O[C@@H](CC[C@H]2C)C[C@H](OC)/C(C)=C/C=C/C=C/[C@@H](C)C[C@@H](C)C(=O)[C@@H]1O. The van der Waals surface area contributed by atoms with Gasteiger partial charge in [-0.15, -0.1) is 0 Å². The van der Waals surface area contributed by atoms with Crippen LogP contribution < -0.4 is 11.1 Å². The van der Waals surface area contributed by atoms with Crippen molar-refractivity contribution in [2.45, 2.75) is 193 Å². The number of rotatable bonds is 17. The molecule has 20 nitrogen and oxygen atoms in total. The average molecular weight is 1120 g/mol. The summed E-state index contributed by atoms with van der Waals surface area (Å²) >= 11 is 0. The third-order valence-electron chi connectivity index (χ3n) is 15.8. The first-order valence-electron chi connectivity index (χ1n) is 28.7. The molecule has 0 unspecified atom stereocenters. The standard InChI is InChI=1S/C59H95N3O17/c1-10-25-74-27-29-76-30-28-75-26-23-61-58(70)78-54-41(6)32-39(4)48(64)36-50(45(60)33-43-20-22-47(63)51(34-43)73-9)77-57(69)46-18-14-15-24-62(46)56(68)55(67)59(71)42(7)19-21-44(79-59)35-49(72-8)38(3)17-13-11-12-16-37(2)31-40(5)52(65)53(54)66/h11-13,16-17,32,37,39-40,42-47,49-51,53-54,63,66,71H,10,14-15,18-31,33-36,60H2,1-9H3,(H,61,70)/b13-11+,16-12+,38-17+,41-32+/t37-,39-,40-,42-,43+,44+,45-,46+,47-,49+,50+,51-,53+,54-,59-/m1/s1. The molecule has 0 aromatic carbocycles. The van der Waals surface area contributed by atoms with E-state index in [1.807, 2.05) is 51.2 Å². The summed E-state index contributed by atoms with van der Waals surface area (Å²) in [5.41, 5.74) is 7.95. The molecule has 448 valence electrons. The quantitative estimate of drug-likeness (QED) is 0.0527. The van der Waals surface area contributed by atoms with Gasteiger partial charge in [-0.1, -0.05) is 71.1 Å². The molecule has 6 N–H and O–H groups in total. The Kier molecular flexibility index (Phi) is 29.2. The van der Waals surface area contributed by atoms with Crippen LogP contribution in [0.25, 0.3) is 0 Å². The summed E-state index contributed by atoms with van der Waals surface area (Å²) < 4.78 is 46.0. The van der Waals surface area contributed by atoms with Crippen LogP contribution in [0.1, 0.15) is 132 Å². The van der Waals surface area contributed by atoms with Crippen molar-refractivity contribution in [3.8, 4) is 0 Å². The maximum Gasteiger partial charge on any atom is 0.407 e. The lowest BCUT2D eigenvalue weighted by atomic mass is 9.80. The summed E-state index contributed by atoms with van der Waals surface area (Å²) in [5, 5.41) is 36.9. The van der Waals surface area contributed by atoms with Crippen molar-refractivity contribution >= 4 is 35.3 Å². The maximum atomic E-state index is 14.5. The van der Waals surface area contributed by atoms with Crippen LogP contribution in [0.15, 0.2) is 47.6 Å². The second-order valence-corrected chi connectivity index (χ2v) is 22.2. The lowest BCUT2D eigenvalue weighted by molar-refractivity contribution is -0.265. The Morgan fingerprint density at radius 1 is 0.848 bits per heavy atom. The minimum Gasteiger partial charge on any atom is -0.459 e. The van der Waals surface area contributed by atoms with E-state index < -0.39 is 120 Å². The molecule has 79 heavy (non-hydrogen) atoms. The number of hydrogen-bond acceptors (Lipinski definition) is 18. The van der Waals surface area contributed by atoms with E-state index in [0.29, 0.717) is 77.8 Å². The van der Waals surface area contributed by atoms with Crippen molar-refractivity contribution in [3.05, 3.63) is 47.6 Å². The number of amides is 2. The highest BCUT2D eigenvalue weighted by atomic mass is 16.6. The molecule has 0 spiro atoms. The molecule has 0 radical (unpaired) electrons. The summed E-state index contributed by atoms with van der Waals surface area (Å²) in [7, 11) is 3.07. The average Bonchev–Trinajstić information content (AvgIpc) is 3.47. The van der Waals surface area contributed by atoms with Crippen LogP contribution in [0, 0.1) is 29.6 Å². The van der Waals surface area contributed by atoms with Gasteiger partial charge in [-0.25, -0.2) is 9.59 Å². The number of methoxy groups -OCH3 is 2. The van der Waals surface area contributed by atoms with E-state index in [4.69, 9.17) is 43.6 Å². The Hall–Kier alpha value is -4.22. The predicted molar refractivity (Wildman–Crippen MR) is 294 cm³/mol. The third-order valence-corrected chi connectivity index (χ3v) is 15.8. The number of Topliss-reactive ketones (excluding diaryl/α,β-unsaturated/α-hetero) is 3. The number of carbonyl (C=O) groups is 6. The molecule has 3 heterocycles. The summed E-state index contributed by atoms with van der Waals surface area (Å²) in [6.45, 7) is 14.6. The van der Waals surface area contributed by atoms with Gasteiger partial charge in [-0.05, 0) is 107 Å². The first-order chi connectivity index (χ1) is 37.6. The summed E-state index contributed by atoms with van der Waals surface area (Å²) in [5.74, 6) is -9.27. The van der Waals surface area contributed by atoms with E-state index >= 15 is 0 Å². The number of nitrogens with one attached hydrogen (secondary N) is 1. The first kappa shape index (κ1) is 67.3. The van der Waals surface area contributed by atoms with Gasteiger partial charge in [0.25, 0.3) is 11.7 Å². The number of ether oxygens (including phenoxy) is 8. The molecule has 2 saturated heterocycles. The van der Waals surface area contributed by atoms with E-state index in [9.17, 15) is 44.1 Å². The van der Waals surface area contributed by atoms with E-state index in [1.165, 1.54) is 13.2 Å². The van der Waals surface area contributed by atoms with Gasteiger partial charge in [0.1, 0.15) is 17.9 Å². The summed E-state index contributed by atoms with van der Waals surface area (Å²) in [6.07, 6.45) is 7.94. The molecule has 4 rings (SSSR count). The Balaban J connectivity index is 1.67. The van der Waals surface area contributed by atoms with Crippen LogP contribution in [0.4, 0.5) is 4.79 Å². The number of nitrogens with zero attached hydrogens (tertiary/aromatic N) is 1. The molecule has 2 bridgehead atoms. The van der Waals surface area contributed by atoms with Gasteiger partial charge in [0.05, 0.1) is 57.5 Å². The number of cyclic esters (lactones) is 1. The number of allylic oxidation sites excluding steroid dienone is 6. The predicted octanol–water partition coefficient (Wildman–Crippen LogP) is 5.41. The van der Waals surface area contributed by atoms with Gasteiger partial charge >= 0.3 is 12.1 Å². The number of alkyl carbamates (subject to hydrolysis) is 1. The lowest BCUT2D eigenvalue weighted by Crippen LogP contribution is -2.61. The number of aliphatic hydroxyl groups excluding tert-OH is 2. The van der Waals surface area contributed by atoms with Crippen molar-refractivity contribution in [1.82, 2.24) is 10.2 Å². The zero-order chi connectivity index (χ0) is 58.2. The number of carbonyl (C=O) groups excluding carboxylic acids is 6. The molecule has 0 aromatic heterocycles. The Bertz CT molecular complexity index is 2080. The highest BCUT2D eigenvalue weighted by Crippen LogP contribution is 2.37. The number of fused-ring (bicyclic) bond motifs is 3. The molecule has 0 aromatic rings. The molecule has 20 heteroatoms. The summed E-state index contributed by atoms with van der Waals surface area (Å²) in [6, 6.07) is -2.17. The molecule has 4 aliphatic rings. The van der Waals surface area contributed by atoms with Crippen LogP contribution in [0.2, 0.25) is 0 Å². The normalized spacial score (nSPS) is 35.2. The Labute approximate surface area is 468 Å². The van der Waals surface area contributed by atoms with Gasteiger partial charge in [0.15, 0.2) is 18.0 Å². The van der Waals surface area contributed by atoms with Crippen LogP contribution in [0.3, 0.4) is 0 Å². The number of nitrogens with two attached hydrogens (primary N) is 1. The Morgan fingerprint density at radius 2 is 1.54 bits per heavy atom. The molecular formula is C59H95N3O17. The number of hydrogen-bond donors (Lipinski definition) is 5. The van der Waals surface area contributed by atoms with Gasteiger partial charge in [-0.3, -0.25) is 19.2 Å². The van der Waals surface area contributed by atoms with Crippen LogP contribution in [-0.2, 0) is 61.9 Å². The van der Waals surface area contributed by atoms with Crippen LogP contribution in [0.5, 0.6) is 0 Å². The van der Waals surface area contributed by atoms with E-state index in [-0.39, 0.29) is 63.0 Å². The topological polar surface area (TPSA) is 278 Å². The number of ketones is 3. The van der Waals surface area contributed by atoms with Gasteiger partial charge in [0.2, 0.25) is 5.79 Å². The van der Waals surface area contributed by atoms with Gasteiger partial charge < -0.3 is 69.2 Å². The van der Waals surface area contributed by atoms with Crippen molar-refractivity contribution in [2.24, 2.45) is 35.3 Å². The van der Waals surface area contributed by atoms with Gasteiger partial charge in [0, 0.05) is 70.6 Å². The second kappa shape index (κ2) is 34.3. The fourth-order valence-electron chi connectivity index (χ4n) is 10.9. The fourth-order valence-corrected chi connectivity index (χ4v) is 10.9. The minimum atomic E-state index is -2.49. The lowest BCUT2D eigenvalue weighted by Gasteiger charge is -2.42. The molecule has 2 amide bonds.